The molecule has 6 unspecified atom stereocenters. The maximum atomic E-state index is 12.7. The summed E-state index contributed by atoms with van der Waals surface area (Å²) in [6.45, 7) is 3.28. The molecule has 0 radical (unpaired) electrons. The summed E-state index contributed by atoms with van der Waals surface area (Å²) in [7, 11) is 0. The molecule has 0 aromatic rings. The summed E-state index contributed by atoms with van der Waals surface area (Å²) in [4.78, 5) is 25.2. The van der Waals surface area contributed by atoms with Gasteiger partial charge < -0.3 is 39.4 Å². The lowest BCUT2D eigenvalue weighted by Crippen LogP contribution is -2.59. The SMILES string of the molecule is CCC/C=C\C/C=C\CCCCCCCC(=O)OCC(COC1OC(CO)C(O)C(O)C1O)OC(=O)CCCCCCC/C=C\C/C=C\CCCCC. The van der Waals surface area contributed by atoms with Gasteiger partial charge in [-0.1, -0.05) is 120 Å². The number of rotatable bonds is 33. The second kappa shape index (κ2) is 34.2. The van der Waals surface area contributed by atoms with E-state index in [2.05, 4.69) is 62.5 Å². The standard InChI is InChI=1S/C43H74O10/c1-3-5-7-9-11-13-15-17-18-20-22-24-26-28-30-32-39(46)52-36(35-51-43-42(49)41(48)40(47)37(33-44)53-43)34-50-38(45)31-29-27-25-23-21-19-16-14-12-10-8-6-4-2/h8,10-11,13-14,16-18,36-37,40-44,47-49H,3-7,9,12,15,19-35H2,1-2H3/b10-8-,13-11-,16-14-,18-17-. The van der Waals surface area contributed by atoms with Crippen molar-refractivity contribution in [1.82, 2.24) is 0 Å². The number of unbranched alkanes of at least 4 members (excludes halogenated alkanes) is 14. The van der Waals surface area contributed by atoms with Crippen molar-refractivity contribution in [2.24, 2.45) is 0 Å². The maximum Gasteiger partial charge on any atom is 0.306 e. The molecule has 0 aliphatic carbocycles. The predicted octanol–water partition coefficient (Wildman–Crippen LogP) is 8.10. The van der Waals surface area contributed by atoms with Gasteiger partial charge in [0, 0.05) is 12.8 Å². The molecule has 306 valence electrons. The Morgan fingerprint density at radius 1 is 0.585 bits per heavy atom. The van der Waals surface area contributed by atoms with E-state index in [9.17, 15) is 30.0 Å². The minimum Gasteiger partial charge on any atom is -0.462 e. The van der Waals surface area contributed by atoms with Crippen LogP contribution in [-0.2, 0) is 28.5 Å². The maximum absolute atomic E-state index is 12.7. The van der Waals surface area contributed by atoms with Crippen LogP contribution < -0.4 is 0 Å². The highest BCUT2D eigenvalue weighted by atomic mass is 16.7. The number of aliphatic hydroxyl groups is 4. The number of carbonyl (C=O) groups excluding carboxylic acids is 2. The molecule has 1 aliphatic heterocycles. The van der Waals surface area contributed by atoms with E-state index in [1.807, 2.05) is 0 Å². The molecule has 1 rings (SSSR count). The summed E-state index contributed by atoms with van der Waals surface area (Å²) in [5, 5.41) is 40.0. The summed E-state index contributed by atoms with van der Waals surface area (Å²) in [5.74, 6) is -0.844. The first-order valence-electron chi connectivity index (χ1n) is 20.7. The Morgan fingerprint density at radius 3 is 1.64 bits per heavy atom. The fourth-order valence-corrected chi connectivity index (χ4v) is 5.84. The lowest BCUT2D eigenvalue weighted by Gasteiger charge is -2.39. The molecule has 10 heteroatoms. The number of hydrogen-bond donors (Lipinski definition) is 4. The minimum absolute atomic E-state index is 0.209. The second-order valence-corrected chi connectivity index (χ2v) is 14.1. The molecule has 53 heavy (non-hydrogen) atoms. The lowest BCUT2D eigenvalue weighted by molar-refractivity contribution is -0.305. The highest BCUT2D eigenvalue weighted by Crippen LogP contribution is 2.22. The van der Waals surface area contributed by atoms with Crippen LogP contribution in [0, 0.1) is 0 Å². The molecule has 0 spiro atoms. The average Bonchev–Trinajstić information content (AvgIpc) is 3.15. The zero-order valence-electron chi connectivity index (χ0n) is 33.0. The molecule has 1 saturated heterocycles. The van der Waals surface area contributed by atoms with Gasteiger partial charge in [-0.05, 0) is 70.6 Å². The zero-order valence-corrected chi connectivity index (χ0v) is 33.0. The van der Waals surface area contributed by atoms with E-state index >= 15 is 0 Å². The Balaban J connectivity index is 2.39. The van der Waals surface area contributed by atoms with Gasteiger partial charge in [-0.2, -0.15) is 0 Å². The van der Waals surface area contributed by atoms with E-state index in [1.165, 1.54) is 25.7 Å². The van der Waals surface area contributed by atoms with Crippen LogP contribution in [0.1, 0.15) is 155 Å². The van der Waals surface area contributed by atoms with E-state index in [1.54, 1.807) is 0 Å². The predicted molar refractivity (Wildman–Crippen MR) is 210 cm³/mol. The average molecular weight is 751 g/mol. The van der Waals surface area contributed by atoms with Crippen molar-refractivity contribution in [3.05, 3.63) is 48.6 Å². The first-order valence-corrected chi connectivity index (χ1v) is 20.7. The van der Waals surface area contributed by atoms with Gasteiger partial charge in [-0.3, -0.25) is 9.59 Å². The molecule has 0 amide bonds. The topological polar surface area (TPSA) is 152 Å². The molecule has 0 aromatic carbocycles. The smallest absolute Gasteiger partial charge is 0.306 e. The third-order valence-electron chi connectivity index (χ3n) is 9.17. The molecule has 10 nitrogen and oxygen atoms in total. The Hall–Kier alpha value is -2.34. The number of carbonyl (C=O) groups is 2. The molecule has 0 saturated carbocycles. The fraction of sp³-hybridized carbons (Fsp3) is 0.767. The molecule has 1 heterocycles. The van der Waals surface area contributed by atoms with Crippen molar-refractivity contribution < 1.29 is 49.0 Å². The van der Waals surface area contributed by atoms with Crippen molar-refractivity contribution in [2.45, 2.75) is 192 Å². The van der Waals surface area contributed by atoms with E-state index in [0.29, 0.717) is 12.8 Å². The molecule has 1 fully saturated rings. The molecule has 6 atom stereocenters. The van der Waals surface area contributed by atoms with Gasteiger partial charge in [0.05, 0.1) is 13.2 Å². The van der Waals surface area contributed by atoms with Crippen LogP contribution in [0.3, 0.4) is 0 Å². The quantitative estimate of drug-likeness (QED) is 0.0294. The van der Waals surface area contributed by atoms with Gasteiger partial charge in [0.15, 0.2) is 12.4 Å². The monoisotopic (exact) mass is 751 g/mol. The van der Waals surface area contributed by atoms with Gasteiger partial charge in [0.25, 0.3) is 0 Å². The number of ether oxygens (including phenoxy) is 4. The van der Waals surface area contributed by atoms with Crippen LogP contribution in [0.15, 0.2) is 48.6 Å². The van der Waals surface area contributed by atoms with E-state index in [0.717, 1.165) is 89.9 Å². The van der Waals surface area contributed by atoms with Crippen molar-refractivity contribution >= 4 is 11.9 Å². The van der Waals surface area contributed by atoms with Gasteiger partial charge in [-0.25, -0.2) is 0 Å². The van der Waals surface area contributed by atoms with Crippen LogP contribution in [0.4, 0.5) is 0 Å². The van der Waals surface area contributed by atoms with Crippen LogP contribution in [0.25, 0.3) is 0 Å². The molecule has 1 aliphatic rings. The summed E-state index contributed by atoms with van der Waals surface area (Å²) < 4.78 is 22.1. The Morgan fingerprint density at radius 2 is 1.09 bits per heavy atom. The molecule has 0 bridgehead atoms. The van der Waals surface area contributed by atoms with Crippen molar-refractivity contribution in [2.75, 3.05) is 19.8 Å². The summed E-state index contributed by atoms with van der Waals surface area (Å²) in [5.41, 5.74) is 0. The number of allylic oxidation sites excluding steroid dienone is 8. The van der Waals surface area contributed by atoms with Gasteiger partial charge in [0.1, 0.15) is 31.0 Å². The van der Waals surface area contributed by atoms with Crippen molar-refractivity contribution in [3.8, 4) is 0 Å². The Bertz CT molecular complexity index is 1010. The first kappa shape index (κ1) is 48.7. The van der Waals surface area contributed by atoms with Crippen molar-refractivity contribution in [3.63, 3.8) is 0 Å². The Kier molecular flexibility index (Phi) is 31.4. The van der Waals surface area contributed by atoms with Gasteiger partial charge >= 0.3 is 11.9 Å². The van der Waals surface area contributed by atoms with Gasteiger partial charge in [-0.15, -0.1) is 0 Å². The van der Waals surface area contributed by atoms with E-state index in [4.69, 9.17) is 18.9 Å². The highest BCUT2D eigenvalue weighted by Gasteiger charge is 2.44. The zero-order chi connectivity index (χ0) is 38.8. The van der Waals surface area contributed by atoms with E-state index < -0.39 is 55.4 Å². The molecule has 4 N–H and O–H groups in total. The molecular weight excluding hydrogens is 676 g/mol. The number of esters is 2. The van der Waals surface area contributed by atoms with Crippen LogP contribution in [0.5, 0.6) is 0 Å². The first-order chi connectivity index (χ1) is 25.8. The van der Waals surface area contributed by atoms with E-state index in [-0.39, 0.29) is 26.1 Å². The van der Waals surface area contributed by atoms with Crippen LogP contribution >= 0.6 is 0 Å². The second-order valence-electron chi connectivity index (χ2n) is 14.1. The van der Waals surface area contributed by atoms with Crippen molar-refractivity contribution in [1.29, 1.82) is 0 Å². The minimum atomic E-state index is -1.60. The highest BCUT2D eigenvalue weighted by molar-refractivity contribution is 5.70. The molecular formula is C43H74O10. The summed E-state index contributed by atoms with van der Waals surface area (Å²) in [6, 6.07) is 0. The third-order valence-corrected chi connectivity index (χ3v) is 9.17. The lowest BCUT2D eigenvalue weighted by atomic mass is 9.99. The molecule has 0 aromatic heterocycles. The number of aliphatic hydroxyl groups excluding tert-OH is 4. The normalized spacial score (nSPS) is 21.4. The summed E-state index contributed by atoms with van der Waals surface area (Å²) in [6.07, 6.45) is 31.1. The largest absolute Gasteiger partial charge is 0.462 e. The van der Waals surface area contributed by atoms with Crippen LogP contribution in [0.2, 0.25) is 0 Å². The van der Waals surface area contributed by atoms with Crippen LogP contribution in [-0.4, -0.2) is 89.0 Å². The van der Waals surface area contributed by atoms with Gasteiger partial charge in [0.2, 0.25) is 0 Å². The summed E-state index contributed by atoms with van der Waals surface area (Å²) >= 11 is 0. The number of hydrogen-bond acceptors (Lipinski definition) is 10. The third kappa shape index (κ3) is 26.2. The Labute approximate surface area is 320 Å². The fourth-order valence-electron chi connectivity index (χ4n) is 5.84.